The Balaban J connectivity index is 1.52. The van der Waals surface area contributed by atoms with Crippen molar-refractivity contribution in [1.29, 1.82) is 0 Å². The summed E-state index contributed by atoms with van der Waals surface area (Å²) in [6, 6.07) is 9.87. The van der Waals surface area contributed by atoms with Crippen LogP contribution in [0.5, 0.6) is 0 Å². The molecule has 144 valence electrons. The standard InChI is InChI=1S/C20H24N2O4S/c23-20(26-16-4-5-17-10-12-21-13-11-17)18-6-8-19(9-7-18)27(24,25)22-14-2-1-3-15-22/h6-13H,1-5,14-16H2. The van der Waals surface area contributed by atoms with Crippen molar-refractivity contribution in [2.45, 2.75) is 37.0 Å². The van der Waals surface area contributed by atoms with Gasteiger partial charge in [0.25, 0.3) is 0 Å². The number of hydrogen-bond donors (Lipinski definition) is 0. The predicted octanol–water partition coefficient (Wildman–Crippen LogP) is 3.05. The molecule has 0 amide bonds. The highest BCUT2D eigenvalue weighted by Gasteiger charge is 2.25. The minimum atomic E-state index is -3.48. The number of aryl methyl sites for hydroxylation is 1. The number of carbonyl (C=O) groups excluding carboxylic acids is 1. The summed E-state index contributed by atoms with van der Waals surface area (Å²) in [5.74, 6) is -0.438. The zero-order chi connectivity index (χ0) is 19.1. The van der Waals surface area contributed by atoms with Gasteiger partial charge in [0.1, 0.15) is 0 Å². The zero-order valence-corrected chi connectivity index (χ0v) is 16.0. The van der Waals surface area contributed by atoms with E-state index in [-0.39, 0.29) is 4.90 Å². The number of sulfonamides is 1. The summed E-state index contributed by atoms with van der Waals surface area (Å²) in [6.07, 6.45) is 7.85. The van der Waals surface area contributed by atoms with E-state index in [9.17, 15) is 13.2 Å². The minimum absolute atomic E-state index is 0.221. The van der Waals surface area contributed by atoms with Gasteiger partial charge >= 0.3 is 5.97 Å². The summed E-state index contributed by atoms with van der Waals surface area (Å²) < 4.78 is 32.0. The highest BCUT2D eigenvalue weighted by Crippen LogP contribution is 2.21. The molecule has 7 heteroatoms. The molecule has 1 saturated heterocycles. The van der Waals surface area contributed by atoms with Gasteiger partial charge in [0.05, 0.1) is 17.1 Å². The van der Waals surface area contributed by atoms with Crippen LogP contribution in [0.3, 0.4) is 0 Å². The monoisotopic (exact) mass is 388 g/mol. The number of aromatic nitrogens is 1. The fourth-order valence-corrected chi connectivity index (χ4v) is 4.61. The average molecular weight is 388 g/mol. The van der Waals surface area contributed by atoms with Crippen LogP contribution < -0.4 is 0 Å². The SMILES string of the molecule is O=C(OCCCc1ccncc1)c1ccc(S(=O)(=O)N2CCCCC2)cc1. The number of nitrogens with zero attached hydrogens (tertiary/aromatic N) is 2. The maximum Gasteiger partial charge on any atom is 0.338 e. The normalized spacial score (nSPS) is 15.4. The fraction of sp³-hybridized carbons (Fsp3) is 0.400. The molecule has 0 radical (unpaired) electrons. The largest absolute Gasteiger partial charge is 0.462 e. The molecule has 2 aromatic rings. The lowest BCUT2D eigenvalue weighted by molar-refractivity contribution is 0.0500. The van der Waals surface area contributed by atoms with Gasteiger partial charge in [-0.15, -0.1) is 0 Å². The molecule has 0 aliphatic carbocycles. The fourth-order valence-electron chi connectivity index (χ4n) is 3.09. The molecule has 0 saturated carbocycles. The number of hydrogen-bond acceptors (Lipinski definition) is 5. The molecule has 1 aromatic heterocycles. The van der Waals surface area contributed by atoms with Crippen LogP contribution in [0.25, 0.3) is 0 Å². The highest BCUT2D eigenvalue weighted by atomic mass is 32.2. The van der Waals surface area contributed by atoms with Crippen molar-refractivity contribution in [3.8, 4) is 0 Å². The van der Waals surface area contributed by atoms with Crippen molar-refractivity contribution in [3.05, 3.63) is 59.9 Å². The molecule has 2 heterocycles. The van der Waals surface area contributed by atoms with Gasteiger partial charge in [-0.2, -0.15) is 4.31 Å². The first kappa shape index (κ1) is 19.5. The second-order valence-corrected chi connectivity index (χ2v) is 8.52. The number of piperidine rings is 1. The van der Waals surface area contributed by atoms with E-state index in [0.717, 1.165) is 37.7 Å². The van der Waals surface area contributed by atoms with Crippen LogP contribution >= 0.6 is 0 Å². The summed E-state index contributed by atoms with van der Waals surface area (Å²) in [5.41, 5.74) is 1.50. The minimum Gasteiger partial charge on any atom is -0.462 e. The lowest BCUT2D eigenvalue weighted by atomic mass is 10.1. The summed E-state index contributed by atoms with van der Waals surface area (Å²) >= 11 is 0. The number of rotatable bonds is 7. The molecule has 0 unspecified atom stereocenters. The van der Waals surface area contributed by atoms with E-state index in [1.165, 1.54) is 28.6 Å². The van der Waals surface area contributed by atoms with E-state index in [2.05, 4.69) is 4.98 Å². The number of ether oxygens (including phenoxy) is 1. The highest BCUT2D eigenvalue weighted by molar-refractivity contribution is 7.89. The van der Waals surface area contributed by atoms with Crippen molar-refractivity contribution in [1.82, 2.24) is 9.29 Å². The van der Waals surface area contributed by atoms with Crippen LogP contribution in [0.1, 0.15) is 41.6 Å². The molecule has 0 atom stereocenters. The van der Waals surface area contributed by atoms with Crippen LogP contribution in [0.2, 0.25) is 0 Å². The van der Waals surface area contributed by atoms with Crippen LogP contribution in [-0.2, 0) is 21.2 Å². The molecular weight excluding hydrogens is 364 g/mol. The van der Waals surface area contributed by atoms with E-state index in [0.29, 0.717) is 25.3 Å². The van der Waals surface area contributed by atoms with Crippen LogP contribution in [0, 0.1) is 0 Å². The van der Waals surface area contributed by atoms with Gasteiger partial charge < -0.3 is 4.74 Å². The van der Waals surface area contributed by atoms with Gasteiger partial charge in [-0.05, 0) is 67.6 Å². The van der Waals surface area contributed by atoms with Crippen molar-refractivity contribution < 1.29 is 17.9 Å². The first-order valence-electron chi connectivity index (χ1n) is 9.23. The number of pyridine rings is 1. The lowest BCUT2D eigenvalue weighted by Gasteiger charge is -2.25. The third-order valence-corrected chi connectivity index (χ3v) is 6.55. The Bertz CT molecular complexity index is 845. The smallest absolute Gasteiger partial charge is 0.338 e. The summed E-state index contributed by atoms with van der Waals surface area (Å²) in [7, 11) is -3.48. The van der Waals surface area contributed by atoms with E-state index in [1.807, 2.05) is 12.1 Å². The van der Waals surface area contributed by atoms with Gasteiger partial charge in [-0.3, -0.25) is 4.98 Å². The molecular formula is C20H24N2O4S. The Hall–Kier alpha value is -2.25. The van der Waals surface area contributed by atoms with Gasteiger partial charge in [0.2, 0.25) is 10.0 Å². The number of esters is 1. The van der Waals surface area contributed by atoms with E-state index in [1.54, 1.807) is 12.4 Å². The third-order valence-electron chi connectivity index (χ3n) is 4.64. The van der Waals surface area contributed by atoms with Crippen molar-refractivity contribution >= 4 is 16.0 Å². The maximum atomic E-state index is 12.6. The number of benzene rings is 1. The first-order chi connectivity index (χ1) is 13.1. The second-order valence-electron chi connectivity index (χ2n) is 6.58. The Kier molecular flexibility index (Phi) is 6.58. The molecule has 1 fully saturated rings. The van der Waals surface area contributed by atoms with Crippen molar-refractivity contribution in [2.24, 2.45) is 0 Å². The van der Waals surface area contributed by atoms with E-state index < -0.39 is 16.0 Å². The lowest BCUT2D eigenvalue weighted by Crippen LogP contribution is -2.35. The second kappa shape index (κ2) is 9.10. The Morgan fingerprint density at radius 1 is 1.00 bits per heavy atom. The maximum absolute atomic E-state index is 12.6. The Morgan fingerprint density at radius 2 is 1.67 bits per heavy atom. The third kappa shape index (κ3) is 5.14. The molecule has 1 aliphatic heterocycles. The Morgan fingerprint density at radius 3 is 2.33 bits per heavy atom. The molecule has 27 heavy (non-hydrogen) atoms. The van der Waals surface area contributed by atoms with Gasteiger partial charge in [-0.25, -0.2) is 13.2 Å². The summed E-state index contributed by atoms with van der Waals surface area (Å²) in [6.45, 7) is 1.43. The first-order valence-corrected chi connectivity index (χ1v) is 10.7. The molecule has 6 nitrogen and oxygen atoms in total. The van der Waals surface area contributed by atoms with Crippen LogP contribution in [0.15, 0.2) is 53.7 Å². The van der Waals surface area contributed by atoms with Gasteiger partial charge in [0.15, 0.2) is 0 Å². The van der Waals surface area contributed by atoms with Gasteiger partial charge in [-0.1, -0.05) is 6.42 Å². The molecule has 0 spiro atoms. The topological polar surface area (TPSA) is 76.6 Å². The summed E-state index contributed by atoms with van der Waals surface area (Å²) in [5, 5.41) is 0. The molecule has 1 aliphatic rings. The molecule has 0 N–H and O–H groups in total. The van der Waals surface area contributed by atoms with E-state index >= 15 is 0 Å². The summed E-state index contributed by atoms with van der Waals surface area (Å²) in [4.78, 5) is 16.3. The number of carbonyl (C=O) groups is 1. The quantitative estimate of drug-likeness (QED) is 0.538. The average Bonchev–Trinajstić information content (AvgIpc) is 2.72. The van der Waals surface area contributed by atoms with Crippen molar-refractivity contribution in [3.63, 3.8) is 0 Å². The predicted molar refractivity (Wildman–Crippen MR) is 102 cm³/mol. The van der Waals surface area contributed by atoms with Crippen molar-refractivity contribution in [2.75, 3.05) is 19.7 Å². The van der Waals surface area contributed by atoms with Crippen LogP contribution in [0.4, 0.5) is 0 Å². The molecule has 1 aromatic carbocycles. The van der Waals surface area contributed by atoms with Crippen LogP contribution in [-0.4, -0.2) is 43.4 Å². The van der Waals surface area contributed by atoms with Gasteiger partial charge in [0, 0.05) is 25.5 Å². The molecule has 3 rings (SSSR count). The Labute approximate surface area is 160 Å². The van der Waals surface area contributed by atoms with E-state index in [4.69, 9.17) is 4.74 Å². The zero-order valence-electron chi connectivity index (χ0n) is 15.2. The molecule has 0 bridgehead atoms.